The van der Waals surface area contributed by atoms with Crippen molar-refractivity contribution in [3.63, 3.8) is 0 Å². The zero-order valence-corrected chi connectivity index (χ0v) is 9.72. The molecule has 2 amide bonds. The summed E-state index contributed by atoms with van der Waals surface area (Å²) in [5.74, 6) is -0.279. The fourth-order valence-electron chi connectivity index (χ4n) is 1.95. The number of nitrogens with one attached hydrogen (secondary N) is 1. The Hall–Kier alpha value is -1.30. The van der Waals surface area contributed by atoms with E-state index in [1.54, 1.807) is 4.90 Å². The van der Waals surface area contributed by atoms with Crippen LogP contribution in [0, 0.1) is 5.92 Å². The van der Waals surface area contributed by atoms with Gasteiger partial charge >= 0.3 is 12.0 Å². The molecule has 0 aromatic rings. The van der Waals surface area contributed by atoms with Crippen molar-refractivity contribution in [3.8, 4) is 0 Å². The van der Waals surface area contributed by atoms with Gasteiger partial charge in [0.1, 0.15) is 0 Å². The summed E-state index contributed by atoms with van der Waals surface area (Å²) in [6, 6.07) is -0.507. The molecule has 1 aliphatic carbocycles. The smallest absolute Gasteiger partial charge is 0.317 e. The number of morpholine rings is 1. The second kappa shape index (κ2) is 5.35. The molecule has 2 N–H and O–H groups in total. The van der Waals surface area contributed by atoms with Crippen LogP contribution in [-0.4, -0.2) is 54.4 Å². The minimum Gasteiger partial charge on any atom is -0.481 e. The van der Waals surface area contributed by atoms with Crippen LogP contribution in [-0.2, 0) is 9.53 Å². The number of ether oxygens (including phenoxy) is 1. The monoisotopic (exact) mass is 242 g/mol. The first-order chi connectivity index (χ1) is 8.16. The van der Waals surface area contributed by atoms with E-state index in [2.05, 4.69) is 5.32 Å². The van der Waals surface area contributed by atoms with Crippen LogP contribution in [0.5, 0.6) is 0 Å². The van der Waals surface area contributed by atoms with Gasteiger partial charge < -0.3 is 20.1 Å². The lowest BCUT2D eigenvalue weighted by Crippen LogP contribution is -2.53. The first kappa shape index (κ1) is 12.2. The molecular weight excluding hydrogens is 224 g/mol. The number of carbonyl (C=O) groups excluding carboxylic acids is 1. The minimum absolute atomic E-state index is 0.0587. The summed E-state index contributed by atoms with van der Waals surface area (Å²) in [7, 11) is 0. The molecule has 6 heteroatoms. The Morgan fingerprint density at radius 1 is 1.41 bits per heavy atom. The lowest BCUT2D eigenvalue weighted by Gasteiger charge is -2.34. The Morgan fingerprint density at radius 2 is 2.18 bits per heavy atom. The summed E-state index contributed by atoms with van der Waals surface area (Å²) in [5.41, 5.74) is 0. The van der Waals surface area contributed by atoms with Crippen LogP contribution in [0.15, 0.2) is 0 Å². The molecule has 0 aromatic heterocycles. The number of carbonyl (C=O) groups is 2. The van der Waals surface area contributed by atoms with E-state index in [1.807, 2.05) is 0 Å². The molecule has 6 nitrogen and oxygen atoms in total. The maximum absolute atomic E-state index is 11.9. The Balaban J connectivity index is 1.84. The maximum atomic E-state index is 11.9. The third-order valence-electron chi connectivity index (χ3n) is 3.14. The van der Waals surface area contributed by atoms with Crippen LogP contribution in [0.4, 0.5) is 4.79 Å². The normalized spacial score (nSPS) is 24.5. The van der Waals surface area contributed by atoms with Crippen LogP contribution >= 0.6 is 0 Å². The molecule has 0 spiro atoms. The summed E-state index contributed by atoms with van der Waals surface area (Å²) < 4.78 is 5.22. The van der Waals surface area contributed by atoms with Gasteiger partial charge in [0, 0.05) is 13.1 Å². The summed E-state index contributed by atoms with van der Waals surface area (Å²) in [4.78, 5) is 24.2. The van der Waals surface area contributed by atoms with Crippen molar-refractivity contribution < 1.29 is 19.4 Å². The molecule has 1 atom stereocenters. The van der Waals surface area contributed by atoms with Crippen molar-refractivity contribution in [1.82, 2.24) is 10.2 Å². The van der Waals surface area contributed by atoms with E-state index >= 15 is 0 Å². The number of rotatable bonds is 4. The number of amides is 2. The highest BCUT2D eigenvalue weighted by molar-refractivity contribution is 5.76. The summed E-state index contributed by atoms with van der Waals surface area (Å²) in [6.45, 7) is 1.96. The topological polar surface area (TPSA) is 78.9 Å². The molecule has 96 valence electrons. The summed E-state index contributed by atoms with van der Waals surface area (Å²) >= 11 is 0. The van der Waals surface area contributed by atoms with Gasteiger partial charge in [-0.1, -0.05) is 0 Å². The number of aliphatic carboxylic acids is 1. The third-order valence-corrected chi connectivity index (χ3v) is 3.14. The zero-order valence-electron chi connectivity index (χ0n) is 9.72. The number of hydrogen-bond donors (Lipinski definition) is 2. The van der Waals surface area contributed by atoms with E-state index in [4.69, 9.17) is 9.84 Å². The molecule has 2 aliphatic rings. The molecule has 0 radical (unpaired) electrons. The zero-order chi connectivity index (χ0) is 12.3. The Bertz CT molecular complexity index is 304. The highest BCUT2D eigenvalue weighted by Crippen LogP contribution is 2.27. The molecule has 1 saturated carbocycles. The molecule has 0 aromatic carbocycles. The van der Waals surface area contributed by atoms with Crippen LogP contribution in [0.1, 0.15) is 19.3 Å². The van der Waals surface area contributed by atoms with Crippen LogP contribution in [0.3, 0.4) is 0 Å². The largest absolute Gasteiger partial charge is 0.481 e. The van der Waals surface area contributed by atoms with Crippen molar-refractivity contribution in [1.29, 1.82) is 0 Å². The van der Waals surface area contributed by atoms with Gasteiger partial charge in [0.05, 0.1) is 25.7 Å². The van der Waals surface area contributed by atoms with Crippen LogP contribution in [0.2, 0.25) is 0 Å². The van der Waals surface area contributed by atoms with Gasteiger partial charge in [-0.2, -0.15) is 0 Å². The molecule has 0 bridgehead atoms. The Labute approximate surface area is 99.9 Å². The maximum Gasteiger partial charge on any atom is 0.317 e. The molecule has 17 heavy (non-hydrogen) atoms. The second-order valence-corrected chi connectivity index (χ2v) is 4.65. The highest BCUT2D eigenvalue weighted by Gasteiger charge is 2.30. The third kappa shape index (κ3) is 3.59. The Morgan fingerprint density at radius 3 is 2.82 bits per heavy atom. The van der Waals surface area contributed by atoms with Crippen molar-refractivity contribution in [2.45, 2.75) is 25.3 Å². The fraction of sp³-hybridized carbons (Fsp3) is 0.818. The van der Waals surface area contributed by atoms with Gasteiger partial charge in [-0.15, -0.1) is 0 Å². The summed E-state index contributed by atoms with van der Waals surface area (Å²) in [5, 5.41) is 11.6. The molecule has 2 rings (SSSR count). The van der Waals surface area contributed by atoms with Crippen LogP contribution < -0.4 is 5.32 Å². The first-order valence-electron chi connectivity index (χ1n) is 6.01. The van der Waals surface area contributed by atoms with Gasteiger partial charge in [0.25, 0.3) is 0 Å². The molecular formula is C11H18N2O4. The SMILES string of the molecule is O=C(O)CC1COCCN1C(=O)NCC1CC1. The molecule has 1 heterocycles. The van der Waals surface area contributed by atoms with Crippen molar-refractivity contribution in [3.05, 3.63) is 0 Å². The van der Waals surface area contributed by atoms with Gasteiger partial charge in [-0.25, -0.2) is 4.79 Å². The van der Waals surface area contributed by atoms with E-state index in [0.29, 0.717) is 32.2 Å². The van der Waals surface area contributed by atoms with Gasteiger partial charge in [-0.3, -0.25) is 4.79 Å². The molecule has 1 unspecified atom stereocenters. The lowest BCUT2D eigenvalue weighted by molar-refractivity contribution is -0.139. The van der Waals surface area contributed by atoms with E-state index in [-0.39, 0.29) is 18.5 Å². The van der Waals surface area contributed by atoms with Gasteiger partial charge in [0.2, 0.25) is 0 Å². The lowest BCUT2D eigenvalue weighted by atomic mass is 10.1. The number of carboxylic acids is 1. The van der Waals surface area contributed by atoms with E-state index in [1.165, 1.54) is 12.8 Å². The number of nitrogens with zero attached hydrogens (tertiary/aromatic N) is 1. The predicted molar refractivity (Wildman–Crippen MR) is 59.7 cm³/mol. The second-order valence-electron chi connectivity index (χ2n) is 4.65. The number of urea groups is 1. The Kier molecular flexibility index (Phi) is 3.83. The van der Waals surface area contributed by atoms with E-state index in [9.17, 15) is 9.59 Å². The molecule has 1 saturated heterocycles. The van der Waals surface area contributed by atoms with Crippen molar-refractivity contribution >= 4 is 12.0 Å². The van der Waals surface area contributed by atoms with E-state index < -0.39 is 5.97 Å². The van der Waals surface area contributed by atoms with Crippen molar-refractivity contribution in [2.24, 2.45) is 5.92 Å². The quantitative estimate of drug-likeness (QED) is 0.742. The van der Waals surface area contributed by atoms with Gasteiger partial charge in [-0.05, 0) is 18.8 Å². The van der Waals surface area contributed by atoms with E-state index in [0.717, 1.165) is 0 Å². The summed E-state index contributed by atoms with van der Waals surface area (Å²) in [6.07, 6.45) is 2.31. The molecule has 1 aliphatic heterocycles. The standard InChI is InChI=1S/C11H18N2O4/c14-10(15)5-9-7-17-4-3-13(9)11(16)12-6-8-1-2-8/h8-9H,1-7H2,(H,12,16)(H,14,15). The highest BCUT2D eigenvalue weighted by atomic mass is 16.5. The van der Waals surface area contributed by atoms with Crippen LogP contribution in [0.25, 0.3) is 0 Å². The molecule has 2 fully saturated rings. The number of carboxylic acid groups (broad SMARTS) is 1. The average Bonchev–Trinajstić information content (AvgIpc) is 3.09. The fourth-order valence-corrected chi connectivity index (χ4v) is 1.95. The van der Waals surface area contributed by atoms with Gasteiger partial charge in [0.15, 0.2) is 0 Å². The minimum atomic E-state index is -0.902. The van der Waals surface area contributed by atoms with Crippen molar-refractivity contribution in [2.75, 3.05) is 26.3 Å². The predicted octanol–water partition coefficient (Wildman–Crippen LogP) is 0.281. The number of hydrogen-bond acceptors (Lipinski definition) is 3. The first-order valence-corrected chi connectivity index (χ1v) is 6.01. The average molecular weight is 242 g/mol.